The van der Waals surface area contributed by atoms with Gasteiger partial charge in [0.2, 0.25) is 0 Å². The number of aryl methyl sites for hydroxylation is 2. The van der Waals surface area contributed by atoms with E-state index >= 15 is 0 Å². The summed E-state index contributed by atoms with van der Waals surface area (Å²) in [6.07, 6.45) is 0. The van der Waals surface area contributed by atoms with Crippen LogP contribution in [0, 0.1) is 13.8 Å². The molecule has 0 spiro atoms. The molecule has 0 aliphatic heterocycles. The molecule has 0 aliphatic rings. The molecule has 0 radical (unpaired) electrons. The van der Waals surface area contributed by atoms with E-state index in [9.17, 15) is 0 Å². The fourth-order valence-electron chi connectivity index (χ4n) is 4.40. The predicted octanol–water partition coefficient (Wildman–Crippen LogP) is 7.21. The average molecular weight is 490 g/mol. The van der Waals surface area contributed by atoms with E-state index < -0.39 is 16.1 Å². The van der Waals surface area contributed by atoms with Crippen LogP contribution in [0.1, 0.15) is 11.1 Å². The van der Waals surface area contributed by atoms with Crippen LogP contribution in [-0.2, 0) is 0 Å². The summed E-state index contributed by atoms with van der Waals surface area (Å²) < 4.78 is 2.74. The van der Waals surface area contributed by atoms with Crippen molar-refractivity contribution in [2.75, 3.05) is 4.44 Å². The van der Waals surface area contributed by atoms with Gasteiger partial charge in [0, 0.05) is 26.9 Å². The minimum absolute atomic E-state index is 0.840. The lowest BCUT2D eigenvalue weighted by atomic mass is 10.1. The van der Waals surface area contributed by atoms with Gasteiger partial charge in [-0.3, -0.25) is 0 Å². The Balaban J connectivity index is 1.82. The number of nitrogens with zero attached hydrogens (tertiary/aromatic N) is 1. The lowest BCUT2D eigenvalue weighted by Gasteiger charge is -2.41. The quantitative estimate of drug-likeness (QED) is 0.219. The molecule has 35 heavy (non-hydrogen) atoms. The minimum Gasteiger partial charge on any atom is -0.313 e. The largest absolute Gasteiger partial charge is 0.313 e. The van der Waals surface area contributed by atoms with Gasteiger partial charge >= 0.3 is 0 Å². The molecule has 172 valence electrons. The summed E-state index contributed by atoms with van der Waals surface area (Å²) in [5, 5.41) is 5.42. The molecule has 0 atom stereocenters. The van der Waals surface area contributed by atoms with E-state index in [1.807, 2.05) is 0 Å². The fraction of sp³-hybridized carbons (Fsp3) is 0.0625. The third-order valence-corrected chi connectivity index (χ3v) is 11.3. The second-order valence-corrected chi connectivity index (χ2v) is 13.0. The molecule has 0 heterocycles. The van der Waals surface area contributed by atoms with Gasteiger partial charge in [-0.2, -0.15) is 0 Å². The zero-order valence-corrected chi connectivity index (χ0v) is 21.9. The first-order chi connectivity index (χ1) is 17.2. The summed E-state index contributed by atoms with van der Waals surface area (Å²) in [4.78, 5) is 0. The van der Waals surface area contributed by atoms with Crippen LogP contribution in [0.15, 0.2) is 140 Å². The SMILES string of the molecule is Cc1cc(C)cc(N(P(c2ccccc2)c2ccccc2)P(c2ccccc2)c2ccccc2)c1. The van der Waals surface area contributed by atoms with Gasteiger partial charge in [0.25, 0.3) is 0 Å². The lowest BCUT2D eigenvalue weighted by molar-refractivity contribution is 1.37. The zero-order chi connectivity index (χ0) is 24.0. The van der Waals surface area contributed by atoms with Crippen LogP contribution in [0.5, 0.6) is 0 Å². The Bertz CT molecular complexity index is 1170. The Kier molecular flexibility index (Phi) is 7.39. The van der Waals surface area contributed by atoms with Crippen molar-refractivity contribution in [2.24, 2.45) is 0 Å². The highest BCUT2D eigenvalue weighted by Gasteiger charge is 2.32. The van der Waals surface area contributed by atoms with Crippen molar-refractivity contribution in [1.82, 2.24) is 0 Å². The van der Waals surface area contributed by atoms with E-state index in [1.165, 1.54) is 38.0 Å². The average Bonchev–Trinajstić information content (AvgIpc) is 2.90. The number of anilines is 1. The molecule has 0 amide bonds. The lowest BCUT2D eigenvalue weighted by Crippen LogP contribution is -2.31. The highest BCUT2D eigenvalue weighted by Crippen LogP contribution is 2.57. The first-order valence-electron chi connectivity index (χ1n) is 11.9. The molecule has 0 fully saturated rings. The number of hydrogen-bond donors (Lipinski definition) is 0. The molecule has 5 aromatic rings. The van der Waals surface area contributed by atoms with Crippen molar-refractivity contribution < 1.29 is 0 Å². The number of benzene rings is 5. The molecule has 0 N–H and O–H groups in total. The van der Waals surface area contributed by atoms with Crippen LogP contribution in [-0.4, -0.2) is 0 Å². The third-order valence-electron chi connectivity index (χ3n) is 5.82. The van der Waals surface area contributed by atoms with E-state index in [0.717, 1.165) is 0 Å². The molecule has 3 heteroatoms. The van der Waals surface area contributed by atoms with Crippen LogP contribution >= 0.6 is 16.1 Å². The van der Waals surface area contributed by atoms with Crippen LogP contribution < -0.4 is 25.7 Å². The summed E-state index contributed by atoms with van der Waals surface area (Å²) in [5.74, 6) is 0. The summed E-state index contributed by atoms with van der Waals surface area (Å²) >= 11 is 0. The smallest absolute Gasteiger partial charge is 0.0590 e. The van der Waals surface area contributed by atoms with Gasteiger partial charge in [-0.25, -0.2) is 0 Å². The fourth-order valence-corrected chi connectivity index (χ4v) is 10.3. The van der Waals surface area contributed by atoms with E-state index in [2.05, 4.69) is 158 Å². The van der Waals surface area contributed by atoms with Gasteiger partial charge in [0.15, 0.2) is 0 Å². The van der Waals surface area contributed by atoms with Crippen molar-refractivity contribution in [3.05, 3.63) is 151 Å². The van der Waals surface area contributed by atoms with Gasteiger partial charge in [0.05, 0.1) is 16.1 Å². The molecule has 0 aromatic heterocycles. The molecular formula is C32H29NP2. The van der Waals surface area contributed by atoms with Gasteiger partial charge in [-0.1, -0.05) is 127 Å². The highest BCUT2D eigenvalue weighted by atomic mass is 31.2. The maximum atomic E-state index is 2.74. The topological polar surface area (TPSA) is 3.24 Å². The second-order valence-electron chi connectivity index (χ2n) is 8.60. The van der Waals surface area contributed by atoms with E-state index in [1.54, 1.807) is 0 Å². The minimum atomic E-state index is -0.840. The van der Waals surface area contributed by atoms with Gasteiger partial charge < -0.3 is 4.44 Å². The molecule has 0 saturated heterocycles. The number of rotatable bonds is 7. The Labute approximate surface area is 211 Å². The maximum absolute atomic E-state index is 2.74. The third kappa shape index (κ3) is 5.38. The van der Waals surface area contributed by atoms with E-state index in [0.29, 0.717) is 0 Å². The Morgan fingerprint density at radius 2 is 0.686 bits per heavy atom. The second kappa shape index (κ2) is 11.0. The van der Waals surface area contributed by atoms with Crippen LogP contribution in [0.25, 0.3) is 0 Å². The molecule has 5 rings (SSSR count). The van der Waals surface area contributed by atoms with E-state index in [4.69, 9.17) is 0 Å². The van der Waals surface area contributed by atoms with Crippen molar-refractivity contribution in [1.29, 1.82) is 0 Å². The van der Waals surface area contributed by atoms with Crippen LogP contribution in [0.4, 0.5) is 5.69 Å². The molecule has 0 unspecified atom stereocenters. The van der Waals surface area contributed by atoms with Gasteiger partial charge in [-0.05, 0) is 37.1 Å². The van der Waals surface area contributed by atoms with Crippen molar-refractivity contribution >= 4 is 43.1 Å². The molecule has 0 saturated carbocycles. The van der Waals surface area contributed by atoms with Crippen molar-refractivity contribution in [3.8, 4) is 0 Å². The predicted molar refractivity (Wildman–Crippen MR) is 157 cm³/mol. The standard InChI is InChI=1S/C32H29NP2/c1-26-23-27(2)25-28(24-26)33(34(29-15-7-3-8-16-29)30-17-9-4-10-18-30)35(31-19-11-5-12-20-31)32-21-13-6-14-22-32/h3-25H,1-2H3. The summed E-state index contributed by atoms with van der Waals surface area (Å²) in [5.41, 5.74) is 3.86. The van der Waals surface area contributed by atoms with Gasteiger partial charge in [0.1, 0.15) is 0 Å². The Morgan fingerprint density at radius 3 is 0.971 bits per heavy atom. The van der Waals surface area contributed by atoms with E-state index in [-0.39, 0.29) is 0 Å². The highest BCUT2D eigenvalue weighted by molar-refractivity contribution is 7.90. The molecule has 0 bridgehead atoms. The zero-order valence-electron chi connectivity index (χ0n) is 20.1. The Morgan fingerprint density at radius 1 is 0.400 bits per heavy atom. The maximum Gasteiger partial charge on any atom is 0.0590 e. The summed E-state index contributed by atoms with van der Waals surface area (Å²) in [6, 6.07) is 51.1. The van der Waals surface area contributed by atoms with Gasteiger partial charge in [-0.15, -0.1) is 0 Å². The normalized spacial score (nSPS) is 11.1. The van der Waals surface area contributed by atoms with Crippen LogP contribution in [0.2, 0.25) is 0 Å². The molecule has 1 nitrogen and oxygen atoms in total. The Hall–Kier alpha value is -3.24. The first kappa shape index (κ1) is 23.5. The van der Waals surface area contributed by atoms with Crippen molar-refractivity contribution in [2.45, 2.75) is 13.8 Å². The first-order valence-corrected chi connectivity index (χ1v) is 14.5. The number of hydrogen-bond acceptors (Lipinski definition) is 1. The molecule has 0 aliphatic carbocycles. The summed E-state index contributed by atoms with van der Waals surface area (Å²) in [6.45, 7) is 4.41. The van der Waals surface area contributed by atoms with Crippen LogP contribution in [0.3, 0.4) is 0 Å². The molecule has 5 aromatic carbocycles. The van der Waals surface area contributed by atoms with Crippen molar-refractivity contribution in [3.63, 3.8) is 0 Å². The monoisotopic (exact) mass is 489 g/mol. The summed E-state index contributed by atoms with van der Waals surface area (Å²) in [7, 11) is -1.68. The molecular weight excluding hydrogens is 460 g/mol.